The molecule has 4 heteroatoms. The fraction of sp³-hybridized carbons (Fsp3) is 0.235. The maximum atomic E-state index is 4.13. The van der Waals surface area contributed by atoms with E-state index in [9.17, 15) is 0 Å². The molecule has 0 amide bonds. The Bertz CT molecular complexity index is 764. The van der Waals surface area contributed by atoms with Crippen molar-refractivity contribution < 1.29 is 0 Å². The Morgan fingerprint density at radius 3 is 2.71 bits per heavy atom. The van der Waals surface area contributed by atoms with Crippen molar-refractivity contribution in [3.8, 4) is 0 Å². The third kappa shape index (κ3) is 2.13. The van der Waals surface area contributed by atoms with Gasteiger partial charge in [0.25, 0.3) is 0 Å². The largest absolute Gasteiger partial charge is 0.346 e. The Hall–Kier alpha value is -1.84. The van der Waals surface area contributed by atoms with Gasteiger partial charge in [0.05, 0.1) is 6.04 Å². The summed E-state index contributed by atoms with van der Waals surface area (Å²) < 4.78 is 2.34. The minimum atomic E-state index is 0. The second-order valence-electron chi connectivity index (χ2n) is 5.36. The number of benzene rings is 1. The normalized spacial score (nSPS) is 17.3. The molecule has 3 nitrogen and oxygen atoms in total. The highest BCUT2D eigenvalue weighted by Gasteiger charge is 2.26. The van der Waals surface area contributed by atoms with E-state index in [1.54, 1.807) is 0 Å². The van der Waals surface area contributed by atoms with Gasteiger partial charge in [-0.2, -0.15) is 0 Å². The third-order valence-electron chi connectivity index (χ3n) is 4.30. The van der Waals surface area contributed by atoms with Crippen LogP contribution in [0.25, 0.3) is 10.9 Å². The Balaban J connectivity index is 0.00000132. The molecule has 3 aromatic rings. The molecule has 0 spiro atoms. The molecule has 0 aliphatic carbocycles. The quantitative estimate of drug-likeness (QED) is 0.747. The second-order valence-corrected chi connectivity index (χ2v) is 5.36. The minimum Gasteiger partial charge on any atom is -0.346 e. The van der Waals surface area contributed by atoms with Gasteiger partial charge in [-0.1, -0.05) is 18.2 Å². The number of rotatable bonds is 1. The number of pyridine rings is 1. The molecule has 1 N–H and O–H groups in total. The van der Waals surface area contributed by atoms with Crippen molar-refractivity contribution in [3.05, 3.63) is 65.6 Å². The maximum Gasteiger partial charge on any atom is 0.0735 e. The van der Waals surface area contributed by atoms with Crippen molar-refractivity contribution in [1.29, 1.82) is 0 Å². The molecule has 21 heavy (non-hydrogen) atoms. The smallest absolute Gasteiger partial charge is 0.0735 e. The molecule has 1 aromatic carbocycles. The van der Waals surface area contributed by atoms with Gasteiger partial charge in [0.2, 0.25) is 0 Å². The highest BCUT2D eigenvalue weighted by atomic mass is 35.5. The first-order valence-electron chi connectivity index (χ1n) is 7.06. The van der Waals surface area contributed by atoms with Crippen LogP contribution in [0.4, 0.5) is 0 Å². The van der Waals surface area contributed by atoms with Crippen LogP contribution >= 0.6 is 12.4 Å². The van der Waals surface area contributed by atoms with Crippen LogP contribution in [0.15, 0.2) is 48.8 Å². The van der Waals surface area contributed by atoms with E-state index < -0.39 is 0 Å². The lowest BCUT2D eigenvalue weighted by molar-refractivity contribution is 0.541. The number of aryl methyl sites for hydroxylation is 1. The van der Waals surface area contributed by atoms with Crippen LogP contribution in [0.5, 0.6) is 0 Å². The highest BCUT2D eigenvalue weighted by molar-refractivity contribution is 5.86. The van der Waals surface area contributed by atoms with E-state index in [0.29, 0.717) is 0 Å². The molecule has 0 saturated heterocycles. The van der Waals surface area contributed by atoms with Crippen LogP contribution in [0.1, 0.15) is 22.9 Å². The number of hydrogen-bond acceptors (Lipinski definition) is 2. The van der Waals surface area contributed by atoms with Gasteiger partial charge in [0.1, 0.15) is 0 Å². The number of aromatic nitrogens is 2. The number of nitrogens with one attached hydrogen (secondary N) is 1. The maximum absolute atomic E-state index is 4.13. The van der Waals surface area contributed by atoms with Crippen LogP contribution in [-0.4, -0.2) is 16.1 Å². The van der Waals surface area contributed by atoms with Crippen LogP contribution in [0.3, 0.4) is 0 Å². The van der Waals surface area contributed by atoms with Gasteiger partial charge in [0.15, 0.2) is 0 Å². The van der Waals surface area contributed by atoms with Gasteiger partial charge in [-0.3, -0.25) is 4.98 Å². The lowest BCUT2D eigenvalue weighted by Crippen LogP contribution is -2.31. The standard InChI is InChI=1S/C17H17N3.ClH/c1-20-15-5-3-2-4-13(15)14-8-11-19-16(17(14)20)12-6-9-18-10-7-12;/h2-7,9-10,16,19H,8,11H2,1H3;1H. The number of hydrogen-bond donors (Lipinski definition) is 1. The van der Waals surface area contributed by atoms with Gasteiger partial charge in [-0.15, -0.1) is 12.4 Å². The number of nitrogens with zero attached hydrogens (tertiary/aromatic N) is 2. The molecule has 1 unspecified atom stereocenters. The van der Waals surface area contributed by atoms with Crippen LogP contribution in [0, 0.1) is 0 Å². The summed E-state index contributed by atoms with van der Waals surface area (Å²) >= 11 is 0. The molecule has 108 valence electrons. The Morgan fingerprint density at radius 2 is 1.90 bits per heavy atom. The second kappa shape index (κ2) is 5.51. The van der Waals surface area contributed by atoms with E-state index in [1.165, 1.54) is 27.7 Å². The van der Waals surface area contributed by atoms with Gasteiger partial charge in [0, 0.05) is 42.6 Å². The molecule has 2 aromatic heterocycles. The zero-order valence-electron chi connectivity index (χ0n) is 11.9. The fourth-order valence-electron chi connectivity index (χ4n) is 3.39. The van der Waals surface area contributed by atoms with E-state index in [2.05, 4.69) is 58.3 Å². The van der Waals surface area contributed by atoms with Gasteiger partial charge < -0.3 is 9.88 Å². The van der Waals surface area contributed by atoms with Crippen molar-refractivity contribution in [2.45, 2.75) is 12.5 Å². The van der Waals surface area contributed by atoms with E-state index in [0.717, 1.165) is 13.0 Å². The lowest BCUT2D eigenvalue weighted by atomic mass is 9.95. The van der Waals surface area contributed by atoms with Crippen molar-refractivity contribution in [1.82, 2.24) is 14.9 Å². The minimum absolute atomic E-state index is 0. The van der Waals surface area contributed by atoms with Gasteiger partial charge in [-0.25, -0.2) is 0 Å². The highest BCUT2D eigenvalue weighted by Crippen LogP contribution is 2.35. The first-order chi connectivity index (χ1) is 9.86. The monoisotopic (exact) mass is 299 g/mol. The first-order valence-corrected chi connectivity index (χ1v) is 7.06. The molecular formula is C17H18ClN3. The van der Waals surface area contributed by atoms with Crippen molar-refractivity contribution in [3.63, 3.8) is 0 Å². The van der Waals surface area contributed by atoms with Crippen molar-refractivity contribution in [2.24, 2.45) is 7.05 Å². The zero-order chi connectivity index (χ0) is 13.5. The predicted molar refractivity (Wildman–Crippen MR) is 88.0 cm³/mol. The van der Waals surface area contributed by atoms with Crippen LogP contribution in [-0.2, 0) is 13.5 Å². The Kier molecular flexibility index (Phi) is 3.70. The molecule has 0 radical (unpaired) electrons. The molecule has 0 bridgehead atoms. The molecule has 4 rings (SSSR count). The predicted octanol–water partition coefficient (Wildman–Crippen LogP) is 3.23. The van der Waals surface area contributed by atoms with Gasteiger partial charge in [-0.05, 0) is 35.7 Å². The Labute approximate surface area is 130 Å². The summed E-state index contributed by atoms with van der Waals surface area (Å²) in [5, 5.41) is 5.04. The SMILES string of the molecule is Cl.Cn1c2c(c3ccccc31)CCNC2c1ccncc1. The summed E-state index contributed by atoms with van der Waals surface area (Å²) in [6.45, 7) is 1.02. The Morgan fingerprint density at radius 1 is 1.14 bits per heavy atom. The lowest BCUT2D eigenvalue weighted by Gasteiger charge is -2.26. The van der Waals surface area contributed by atoms with E-state index in [1.807, 2.05) is 12.4 Å². The molecule has 1 aliphatic heterocycles. The molecule has 3 heterocycles. The van der Waals surface area contributed by atoms with Crippen molar-refractivity contribution in [2.75, 3.05) is 6.54 Å². The summed E-state index contributed by atoms with van der Waals surface area (Å²) in [4.78, 5) is 4.13. The topological polar surface area (TPSA) is 29.9 Å². The molecule has 1 aliphatic rings. The molecule has 0 fully saturated rings. The number of para-hydroxylation sites is 1. The molecule has 1 atom stereocenters. The zero-order valence-corrected chi connectivity index (χ0v) is 12.7. The summed E-state index contributed by atoms with van der Waals surface area (Å²) in [5.74, 6) is 0. The van der Waals surface area contributed by atoms with Crippen molar-refractivity contribution >= 4 is 23.3 Å². The summed E-state index contributed by atoms with van der Waals surface area (Å²) in [6, 6.07) is 13.2. The summed E-state index contributed by atoms with van der Waals surface area (Å²) in [6.07, 6.45) is 4.83. The third-order valence-corrected chi connectivity index (χ3v) is 4.30. The van der Waals surface area contributed by atoms with Crippen LogP contribution < -0.4 is 5.32 Å². The summed E-state index contributed by atoms with van der Waals surface area (Å²) in [7, 11) is 2.17. The van der Waals surface area contributed by atoms with E-state index in [-0.39, 0.29) is 18.4 Å². The molecular weight excluding hydrogens is 282 g/mol. The average Bonchev–Trinajstić information content (AvgIpc) is 2.82. The summed E-state index contributed by atoms with van der Waals surface area (Å²) in [5.41, 5.74) is 5.49. The average molecular weight is 300 g/mol. The first kappa shape index (κ1) is 14.1. The number of fused-ring (bicyclic) bond motifs is 3. The fourth-order valence-corrected chi connectivity index (χ4v) is 3.39. The number of halogens is 1. The van der Waals surface area contributed by atoms with E-state index in [4.69, 9.17) is 0 Å². The van der Waals surface area contributed by atoms with Gasteiger partial charge >= 0.3 is 0 Å². The van der Waals surface area contributed by atoms with E-state index >= 15 is 0 Å². The molecule has 0 saturated carbocycles. The van der Waals surface area contributed by atoms with Crippen LogP contribution in [0.2, 0.25) is 0 Å².